The van der Waals surface area contributed by atoms with E-state index in [9.17, 15) is 4.79 Å². The van der Waals surface area contributed by atoms with Crippen molar-refractivity contribution in [3.05, 3.63) is 35.6 Å². The second-order valence-corrected chi connectivity index (χ2v) is 6.78. The molecule has 3 fully saturated rings. The van der Waals surface area contributed by atoms with Gasteiger partial charge in [0.1, 0.15) is 5.58 Å². The Kier molecular flexibility index (Phi) is 3.41. The molecule has 2 aromatic rings. The lowest BCUT2D eigenvalue weighted by Gasteiger charge is -2.26. The van der Waals surface area contributed by atoms with Crippen molar-refractivity contribution in [2.24, 2.45) is 5.92 Å². The van der Waals surface area contributed by atoms with E-state index in [0.717, 1.165) is 35.4 Å². The Labute approximate surface area is 130 Å². The minimum absolute atomic E-state index is 0.0171. The molecular formula is C18H22N2O2. The van der Waals surface area contributed by atoms with E-state index in [1.165, 1.54) is 25.9 Å². The number of nitrogens with one attached hydrogen (secondary N) is 1. The highest BCUT2D eigenvalue weighted by molar-refractivity contribution is 5.98. The van der Waals surface area contributed by atoms with E-state index >= 15 is 0 Å². The molecule has 5 rings (SSSR count). The Morgan fingerprint density at radius 3 is 2.95 bits per heavy atom. The summed E-state index contributed by atoms with van der Waals surface area (Å²) >= 11 is 0. The quantitative estimate of drug-likeness (QED) is 0.927. The zero-order valence-corrected chi connectivity index (χ0v) is 13.0. The fraction of sp³-hybridized carbons (Fsp3) is 0.500. The van der Waals surface area contributed by atoms with Crippen molar-refractivity contribution < 1.29 is 9.21 Å². The molecule has 3 saturated heterocycles. The number of hydrogen-bond acceptors (Lipinski definition) is 3. The third-order valence-electron chi connectivity index (χ3n) is 5.17. The molecule has 0 unspecified atom stereocenters. The lowest BCUT2D eigenvalue weighted by molar-refractivity contribution is 0.0929. The summed E-state index contributed by atoms with van der Waals surface area (Å²) in [7, 11) is 0. The van der Waals surface area contributed by atoms with Gasteiger partial charge in [-0.3, -0.25) is 4.79 Å². The van der Waals surface area contributed by atoms with Crippen LogP contribution in [0.5, 0.6) is 0 Å². The predicted octanol–water partition coefficient (Wildman–Crippen LogP) is 2.96. The smallest absolute Gasteiger partial charge is 0.251 e. The molecule has 1 aromatic heterocycles. The molecule has 1 atom stereocenters. The number of amides is 1. The fourth-order valence-electron chi connectivity index (χ4n) is 3.87. The first-order chi connectivity index (χ1) is 10.7. The van der Waals surface area contributed by atoms with Crippen molar-refractivity contribution in [1.29, 1.82) is 0 Å². The molecule has 4 heterocycles. The van der Waals surface area contributed by atoms with Crippen molar-refractivity contribution in [2.75, 3.05) is 19.6 Å². The number of nitrogens with zero attached hydrogens (tertiary/aromatic N) is 1. The monoisotopic (exact) mass is 298 g/mol. The molecule has 116 valence electrons. The topological polar surface area (TPSA) is 45.5 Å². The Hall–Kier alpha value is -1.81. The summed E-state index contributed by atoms with van der Waals surface area (Å²) in [6.07, 6.45) is 5.42. The summed E-state index contributed by atoms with van der Waals surface area (Å²) < 4.78 is 5.51. The lowest BCUT2D eigenvalue weighted by atomic mass is 9.94. The second-order valence-electron chi connectivity index (χ2n) is 6.78. The number of carbonyl (C=O) groups is 1. The highest BCUT2D eigenvalue weighted by Crippen LogP contribution is 2.27. The van der Waals surface area contributed by atoms with Crippen LogP contribution in [0.3, 0.4) is 0 Å². The number of benzene rings is 1. The van der Waals surface area contributed by atoms with Gasteiger partial charge < -0.3 is 14.6 Å². The van der Waals surface area contributed by atoms with Crippen LogP contribution in [-0.2, 0) is 0 Å². The lowest BCUT2D eigenvalue weighted by Crippen LogP contribution is -2.41. The maximum absolute atomic E-state index is 12.5. The average molecular weight is 298 g/mol. The van der Waals surface area contributed by atoms with Gasteiger partial charge in [-0.05, 0) is 62.9 Å². The molecule has 0 saturated carbocycles. The average Bonchev–Trinajstić information content (AvgIpc) is 2.70. The van der Waals surface area contributed by atoms with Crippen LogP contribution < -0.4 is 5.32 Å². The van der Waals surface area contributed by atoms with Crippen molar-refractivity contribution in [3.63, 3.8) is 0 Å². The standard InChI is InChI=1S/C18H22N2O2/c1-12-11-22-17-9-14(2-3-16(12)17)18(21)19-15-8-13-4-6-20(10-15)7-5-13/h2-3,9,11,13,15H,4-8,10H2,1H3,(H,19,21)/t15-/m1/s1. The highest BCUT2D eigenvalue weighted by atomic mass is 16.3. The predicted molar refractivity (Wildman–Crippen MR) is 86.0 cm³/mol. The number of fused-ring (bicyclic) bond motifs is 5. The minimum atomic E-state index is 0.0171. The van der Waals surface area contributed by atoms with Crippen LogP contribution in [0.25, 0.3) is 11.0 Å². The van der Waals surface area contributed by atoms with Gasteiger partial charge in [0, 0.05) is 23.5 Å². The maximum Gasteiger partial charge on any atom is 0.251 e. The summed E-state index contributed by atoms with van der Waals surface area (Å²) in [5, 5.41) is 4.30. The van der Waals surface area contributed by atoms with Crippen molar-refractivity contribution in [2.45, 2.75) is 32.2 Å². The summed E-state index contributed by atoms with van der Waals surface area (Å²) in [6.45, 7) is 5.38. The second kappa shape index (κ2) is 5.43. The van der Waals surface area contributed by atoms with Crippen molar-refractivity contribution >= 4 is 16.9 Å². The number of hydrogen-bond donors (Lipinski definition) is 1. The number of carbonyl (C=O) groups excluding carboxylic acids is 1. The van der Waals surface area contributed by atoms with Crippen LogP contribution in [0.15, 0.2) is 28.9 Å². The van der Waals surface area contributed by atoms with Crippen LogP contribution in [-0.4, -0.2) is 36.5 Å². The summed E-state index contributed by atoms with van der Waals surface area (Å²) in [5.74, 6) is 0.794. The van der Waals surface area contributed by atoms with Crippen LogP contribution in [0, 0.1) is 12.8 Å². The molecule has 0 radical (unpaired) electrons. The van der Waals surface area contributed by atoms with Gasteiger partial charge in [0.2, 0.25) is 0 Å². The van der Waals surface area contributed by atoms with Gasteiger partial charge in [-0.25, -0.2) is 0 Å². The number of rotatable bonds is 2. The SMILES string of the molecule is Cc1coc2cc(C(=O)N[C@@H]3CC4CCN(CC4)C3)ccc12. The van der Waals surface area contributed by atoms with Crippen molar-refractivity contribution in [3.8, 4) is 0 Å². The molecule has 4 nitrogen and oxygen atoms in total. The molecule has 22 heavy (non-hydrogen) atoms. The first-order valence-electron chi connectivity index (χ1n) is 8.20. The Morgan fingerprint density at radius 1 is 1.32 bits per heavy atom. The van der Waals surface area contributed by atoms with Gasteiger partial charge in [-0.2, -0.15) is 0 Å². The first kappa shape index (κ1) is 13.8. The van der Waals surface area contributed by atoms with E-state index in [0.29, 0.717) is 5.56 Å². The Morgan fingerprint density at radius 2 is 2.14 bits per heavy atom. The molecule has 2 bridgehead atoms. The largest absolute Gasteiger partial charge is 0.464 e. The third kappa shape index (κ3) is 2.52. The van der Waals surface area contributed by atoms with Crippen LogP contribution >= 0.6 is 0 Å². The summed E-state index contributed by atoms with van der Waals surface area (Å²) in [5.41, 5.74) is 2.58. The normalized spacial score (nSPS) is 27.8. The van der Waals surface area contributed by atoms with Crippen LogP contribution in [0.4, 0.5) is 0 Å². The molecule has 4 heteroatoms. The van der Waals surface area contributed by atoms with E-state index in [1.807, 2.05) is 25.1 Å². The molecule has 1 amide bonds. The zero-order chi connectivity index (χ0) is 15.1. The molecule has 0 spiro atoms. The molecule has 3 aliphatic rings. The van der Waals surface area contributed by atoms with E-state index in [-0.39, 0.29) is 11.9 Å². The van der Waals surface area contributed by atoms with Gasteiger partial charge in [-0.1, -0.05) is 6.07 Å². The van der Waals surface area contributed by atoms with Gasteiger partial charge in [0.05, 0.1) is 6.26 Å². The van der Waals surface area contributed by atoms with E-state index in [1.54, 1.807) is 6.26 Å². The number of piperidine rings is 1. The number of aryl methyl sites for hydroxylation is 1. The van der Waals surface area contributed by atoms with E-state index in [4.69, 9.17) is 4.42 Å². The Balaban J connectivity index is 1.50. The molecule has 0 aliphatic carbocycles. The summed E-state index contributed by atoms with van der Waals surface area (Å²) in [4.78, 5) is 15.0. The van der Waals surface area contributed by atoms with Crippen LogP contribution in [0.2, 0.25) is 0 Å². The van der Waals surface area contributed by atoms with Crippen LogP contribution in [0.1, 0.15) is 35.2 Å². The Bertz CT molecular complexity index is 684. The zero-order valence-electron chi connectivity index (χ0n) is 13.0. The fourth-order valence-corrected chi connectivity index (χ4v) is 3.87. The van der Waals surface area contributed by atoms with E-state index < -0.39 is 0 Å². The molecule has 1 aromatic carbocycles. The van der Waals surface area contributed by atoms with Crippen molar-refractivity contribution in [1.82, 2.24) is 10.2 Å². The molecular weight excluding hydrogens is 276 g/mol. The highest BCUT2D eigenvalue weighted by Gasteiger charge is 2.29. The minimum Gasteiger partial charge on any atom is -0.464 e. The maximum atomic E-state index is 12.5. The molecule has 3 aliphatic heterocycles. The first-order valence-corrected chi connectivity index (χ1v) is 8.20. The van der Waals surface area contributed by atoms with Gasteiger partial charge in [0.25, 0.3) is 5.91 Å². The van der Waals surface area contributed by atoms with Gasteiger partial charge in [0.15, 0.2) is 0 Å². The summed E-state index contributed by atoms with van der Waals surface area (Å²) in [6, 6.07) is 6.00. The molecule has 1 N–H and O–H groups in total. The number of furan rings is 1. The van der Waals surface area contributed by atoms with Gasteiger partial charge >= 0.3 is 0 Å². The van der Waals surface area contributed by atoms with Gasteiger partial charge in [-0.15, -0.1) is 0 Å². The third-order valence-corrected chi connectivity index (χ3v) is 5.17. The van der Waals surface area contributed by atoms with E-state index in [2.05, 4.69) is 10.2 Å².